The third-order valence-corrected chi connectivity index (χ3v) is 4.98. The average Bonchev–Trinajstić information content (AvgIpc) is 3.00. The van der Waals surface area contributed by atoms with Gasteiger partial charge >= 0.3 is 0 Å². The number of thioether (sulfide) groups is 1. The van der Waals surface area contributed by atoms with Crippen LogP contribution >= 0.6 is 11.8 Å². The van der Waals surface area contributed by atoms with E-state index in [9.17, 15) is 9.18 Å². The van der Waals surface area contributed by atoms with Crippen molar-refractivity contribution in [1.29, 1.82) is 0 Å². The maximum atomic E-state index is 13.0. The SMILES string of the molecule is COc1ccc(C[C@H]2S/C(=N/N=C(C)c3ccc(F)cc3)NC2=O)cc1. The summed E-state index contributed by atoms with van der Waals surface area (Å²) in [6.45, 7) is 1.79. The molecule has 2 aromatic rings. The molecular formula is C19H18FN3O2S. The van der Waals surface area contributed by atoms with Crippen molar-refractivity contribution in [3.8, 4) is 5.75 Å². The standard InChI is InChI=1S/C19H18FN3O2S/c1-12(14-5-7-15(20)8-6-14)22-23-19-21-18(24)17(26-19)11-13-3-9-16(25-2)10-4-13/h3-10,17H,11H2,1-2H3,(H,21,23,24)/t17-/m1/s1. The van der Waals surface area contributed by atoms with Crippen LogP contribution in [0, 0.1) is 5.82 Å². The van der Waals surface area contributed by atoms with Gasteiger partial charge in [-0.1, -0.05) is 36.0 Å². The lowest BCUT2D eigenvalue weighted by Crippen LogP contribution is -2.25. The number of benzene rings is 2. The number of carbonyl (C=O) groups excluding carboxylic acids is 1. The highest BCUT2D eigenvalue weighted by Gasteiger charge is 2.30. The van der Waals surface area contributed by atoms with Crippen LogP contribution in [0.3, 0.4) is 0 Å². The molecule has 0 aromatic heterocycles. The van der Waals surface area contributed by atoms with Crippen LogP contribution in [0.5, 0.6) is 5.75 Å². The monoisotopic (exact) mass is 371 g/mol. The van der Waals surface area contributed by atoms with E-state index in [0.29, 0.717) is 17.3 Å². The van der Waals surface area contributed by atoms with Crippen molar-refractivity contribution in [2.75, 3.05) is 7.11 Å². The summed E-state index contributed by atoms with van der Waals surface area (Å²) >= 11 is 1.35. The van der Waals surface area contributed by atoms with Gasteiger partial charge in [-0.2, -0.15) is 5.10 Å². The fourth-order valence-electron chi connectivity index (χ4n) is 2.43. The second-order valence-corrected chi connectivity index (χ2v) is 6.94. The normalized spacial score (nSPS) is 18.9. The zero-order valence-electron chi connectivity index (χ0n) is 14.4. The maximum Gasteiger partial charge on any atom is 0.239 e. The molecule has 2 aromatic carbocycles. The first-order valence-corrected chi connectivity index (χ1v) is 8.92. The third-order valence-electron chi connectivity index (χ3n) is 3.91. The molecule has 0 unspecified atom stereocenters. The van der Waals surface area contributed by atoms with Gasteiger partial charge in [-0.25, -0.2) is 4.39 Å². The molecule has 26 heavy (non-hydrogen) atoms. The Morgan fingerprint density at radius 1 is 1.19 bits per heavy atom. The molecule has 0 radical (unpaired) electrons. The minimum Gasteiger partial charge on any atom is -0.497 e. The van der Waals surface area contributed by atoms with E-state index >= 15 is 0 Å². The largest absolute Gasteiger partial charge is 0.497 e. The van der Waals surface area contributed by atoms with E-state index in [1.165, 1.54) is 23.9 Å². The van der Waals surface area contributed by atoms with Crippen molar-refractivity contribution in [1.82, 2.24) is 5.32 Å². The fraction of sp³-hybridized carbons (Fsp3) is 0.211. The molecule has 1 N–H and O–H groups in total. The Bertz CT molecular complexity index is 848. The number of amides is 1. The van der Waals surface area contributed by atoms with Crippen molar-refractivity contribution >= 4 is 28.5 Å². The molecule has 3 rings (SSSR count). The van der Waals surface area contributed by atoms with E-state index in [1.807, 2.05) is 24.3 Å². The lowest BCUT2D eigenvalue weighted by atomic mass is 10.1. The molecule has 1 saturated heterocycles. The first-order chi connectivity index (χ1) is 12.5. The minimum absolute atomic E-state index is 0.0841. The summed E-state index contributed by atoms with van der Waals surface area (Å²) in [6, 6.07) is 13.7. The van der Waals surface area contributed by atoms with Gasteiger partial charge < -0.3 is 10.1 Å². The summed E-state index contributed by atoms with van der Waals surface area (Å²) in [4.78, 5) is 12.1. The average molecular weight is 371 g/mol. The van der Waals surface area contributed by atoms with Gasteiger partial charge in [0, 0.05) is 0 Å². The Morgan fingerprint density at radius 2 is 1.88 bits per heavy atom. The summed E-state index contributed by atoms with van der Waals surface area (Å²) < 4.78 is 18.1. The number of carbonyl (C=O) groups is 1. The molecule has 0 saturated carbocycles. The zero-order valence-corrected chi connectivity index (χ0v) is 15.2. The molecule has 0 bridgehead atoms. The molecule has 0 aliphatic carbocycles. The van der Waals surface area contributed by atoms with Crippen LogP contribution in [0.1, 0.15) is 18.1 Å². The summed E-state index contributed by atoms with van der Waals surface area (Å²) in [7, 11) is 1.62. The summed E-state index contributed by atoms with van der Waals surface area (Å²) in [5.41, 5.74) is 2.47. The number of amidine groups is 1. The molecule has 134 valence electrons. The van der Waals surface area contributed by atoms with Crippen molar-refractivity contribution < 1.29 is 13.9 Å². The lowest BCUT2D eigenvalue weighted by Gasteiger charge is -2.06. The van der Waals surface area contributed by atoms with Crippen LogP contribution in [0.25, 0.3) is 0 Å². The number of hydrogen-bond acceptors (Lipinski definition) is 5. The van der Waals surface area contributed by atoms with E-state index in [0.717, 1.165) is 16.9 Å². The predicted molar refractivity (Wildman–Crippen MR) is 102 cm³/mol. The fourth-order valence-corrected chi connectivity index (χ4v) is 3.39. The second kappa shape index (κ2) is 8.14. The van der Waals surface area contributed by atoms with Crippen LogP contribution in [0.15, 0.2) is 58.7 Å². The second-order valence-electron chi connectivity index (χ2n) is 5.75. The Hall–Kier alpha value is -2.67. The maximum absolute atomic E-state index is 13.0. The van der Waals surface area contributed by atoms with Crippen LogP contribution in [-0.2, 0) is 11.2 Å². The van der Waals surface area contributed by atoms with E-state index in [4.69, 9.17) is 4.74 Å². The van der Waals surface area contributed by atoms with Gasteiger partial charge in [0.15, 0.2) is 5.17 Å². The Balaban J connectivity index is 1.65. The van der Waals surface area contributed by atoms with Gasteiger partial charge in [0.1, 0.15) is 11.6 Å². The molecule has 1 amide bonds. The van der Waals surface area contributed by atoms with Gasteiger partial charge in [-0.3, -0.25) is 4.79 Å². The smallest absolute Gasteiger partial charge is 0.239 e. The predicted octanol–water partition coefficient (Wildman–Crippen LogP) is 3.39. The highest BCUT2D eigenvalue weighted by Crippen LogP contribution is 2.24. The van der Waals surface area contributed by atoms with Crippen molar-refractivity contribution in [3.63, 3.8) is 0 Å². The van der Waals surface area contributed by atoms with Crippen LogP contribution in [0.2, 0.25) is 0 Å². The number of rotatable bonds is 5. The molecule has 1 aliphatic rings. The van der Waals surface area contributed by atoms with Crippen LogP contribution in [0.4, 0.5) is 4.39 Å². The Labute approximate surface area is 155 Å². The van der Waals surface area contributed by atoms with E-state index in [-0.39, 0.29) is 17.0 Å². The van der Waals surface area contributed by atoms with Gasteiger partial charge in [-0.15, -0.1) is 5.10 Å². The van der Waals surface area contributed by atoms with Crippen molar-refractivity contribution in [2.24, 2.45) is 10.2 Å². The molecule has 1 fully saturated rings. The highest BCUT2D eigenvalue weighted by atomic mass is 32.2. The Kier molecular flexibility index (Phi) is 5.68. The van der Waals surface area contributed by atoms with Gasteiger partial charge in [0.25, 0.3) is 0 Å². The van der Waals surface area contributed by atoms with Crippen molar-refractivity contribution in [2.45, 2.75) is 18.6 Å². The lowest BCUT2D eigenvalue weighted by molar-refractivity contribution is -0.118. The minimum atomic E-state index is -0.298. The molecule has 5 nitrogen and oxygen atoms in total. The first kappa shape index (κ1) is 18.1. The van der Waals surface area contributed by atoms with Gasteiger partial charge in [0.2, 0.25) is 5.91 Å². The first-order valence-electron chi connectivity index (χ1n) is 8.04. The number of ether oxygens (including phenoxy) is 1. The number of hydrogen-bond donors (Lipinski definition) is 1. The number of nitrogens with one attached hydrogen (secondary N) is 1. The van der Waals surface area contributed by atoms with Crippen LogP contribution < -0.4 is 10.1 Å². The van der Waals surface area contributed by atoms with Crippen LogP contribution in [-0.4, -0.2) is 29.1 Å². The van der Waals surface area contributed by atoms with E-state index < -0.39 is 0 Å². The number of nitrogens with zero attached hydrogens (tertiary/aromatic N) is 2. The molecule has 1 atom stereocenters. The molecular weight excluding hydrogens is 353 g/mol. The van der Waals surface area contributed by atoms with Gasteiger partial charge in [0.05, 0.1) is 18.1 Å². The Morgan fingerprint density at radius 3 is 2.54 bits per heavy atom. The van der Waals surface area contributed by atoms with E-state index in [2.05, 4.69) is 15.5 Å². The highest BCUT2D eigenvalue weighted by molar-refractivity contribution is 8.15. The van der Waals surface area contributed by atoms with Gasteiger partial charge in [-0.05, 0) is 48.7 Å². The zero-order chi connectivity index (χ0) is 18.5. The summed E-state index contributed by atoms with van der Waals surface area (Å²) in [6.07, 6.45) is 0.597. The molecule has 1 heterocycles. The quantitative estimate of drug-likeness (QED) is 0.647. The number of methoxy groups -OCH3 is 1. The summed E-state index contributed by atoms with van der Waals surface area (Å²) in [5.74, 6) is 0.400. The molecule has 1 aliphatic heterocycles. The molecule has 0 spiro atoms. The number of halogens is 1. The molecule has 7 heteroatoms. The van der Waals surface area contributed by atoms with Crippen molar-refractivity contribution in [3.05, 3.63) is 65.5 Å². The third kappa shape index (κ3) is 4.49. The van der Waals surface area contributed by atoms with E-state index in [1.54, 1.807) is 26.2 Å². The topological polar surface area (TPSA) is 63.1 Å². The summed E-state index contributed by atoms with van der Waals surface area (Å²) in [5, 5.41) is 11.2.